The number of halogens is 3. The summed E-state index contributed by atoms with van der Waals surface area (Å²) in [5.41, 5.74) is 1.57. The van der Waals surface area contributed by atoms with E-state index in [1.807, 2.05) is 0 Å². The highest BCUT2D eigenvalue weighted by molar-refractivity contribution is 9.10. The van der Waals surface area contributed by atoms with Crippen LogP contribution >= 0.6 is 27.5 Å². The van der Waals surface area contributed by atoms with E-state index in [0.717, 1.165) is 11.3 Å². The Hall–Kier alpha value is -0.610. The van der Waals surface area contributed by atoms with Crippen molar-refractivity contribution in [3.63, 3.8) is 0 Å². The second-order valence-electron chi connectivity index (χ2n) is 4.77. The van der Waals surface area contributed by atoms with Crippen LogP contribution in [0.4, 0.5) is 4.39 Å². The number of benzene rings is 1. The van der Waals surface area contributed by atoms with Crippen molar-refractivity contribution in [3.8, 4) is 0 Å². The molecule has 0 N–H and O–H groups in total. The first-order valence-corrected chi connectivity index (χ1v) is 7.20. The summed E-state index contributed by atoms with van der Waals surface area (Å²) in [5.74, 6) is 1.26. The molecular weight excluding hydrogens is 319 g/mol. The van der Waals surface area contributed by atoms with Gasteiger partial charge in [-0.25, -0.2) is 9.37 Å². The van der Waals surface area contributed by atoms with Crippen LogP contribution in [0.1, 0.15) is 32.6 Å². The molecule has 1 aromatic carbocycles. The molecule has 2 nitrogen and oxygen atoms in total. The highest BCUT2D eigenvalue weighted by atomic mass is 79.9. The molecule has 2 rings (SSSR count). The molecule has 1 atom stereocenters. The number of nitrogens with zero attached hydrogens (tertiary/aromatic N) is 2. The number of hydrogen-bond donors (Lipinski definition) is 0. The van der Waals surface area contributed by atoms with Crippen molar-refractivity contribution in [1.82, 2.24) is 9.55 Å². The van der Waals surface area contributed by atoms with E-state index in [1.165, 1.54) is 6.07 Å². The quantitative estimate of drug-likeness (QED) is 0.731. The molecule has 0 aliphatic heterocycles. The van der Waals surface area contributed by atoms with Crippen molar-refractivity contribution >= 4 is 38.6 Å². The first-order valence-electron chi connectivity index (χ1n) is 5.87. The lowest BCUT2D eigenvalue weighted by Crippen LogP contribution is -2.13. The molecule has 0 bridgehead atoms. The van der Waals surface area contributed by atoms with Gasteiger partial charge in [-0.1, -0.05) is 13.8 Å². The van der Waals surface area contributed by atoms with Gasteiger partial charge in [0, 0.05) is 12.1 Å². The Balaban J connectivity index is 2.72. The molecule has 0 saturated carbocycles. The van der Waals surface area contributed by atoms with Gasteiger partial charge < -0.3 is 4.57 Å². The summed E-state index contributed by atoms with van der Waals surface area (Å²) in [7, 11) is 0. The van der Waals surface area contributed by atoms with Crippen LogP contribution in [0.25, 0.3) is 11.0 Å². The van der Waals surface area contributed by atoms with E-state index < -0.39 is 0 Å². The summed E-state index contributed by atoms with van der Waals surface area (Å²) in [6, 6.07) is 3.48. The molecule has 0 amide bonds. The number of alkyl halides is 1. The molecule has 1 aromatic heterocycles. The lowest BCUT2D eigenvalue weighted by molar-refractivity contribution is 0.409. The second kappa shape index (κ2) is 5.17. The minimum absolute atomic E-state index is 0.265. The molecule has 18 heavy (non-hydrogen) atoms. The Kier molecular flexibility index (Phi) is 3.97. The van der Waals surface area contributed by atoms with E-state index in [9.17, 15) is 4.39 Å². The fourth-order valence-corrected chi connectivity index (χ4v) is 2.51. The van der Waals surface area contributed by atoms with Gasteiger partial charge in [-0.2, -0.15) is 0 Å². The maximum Gasteiger partial charge on any atom is 0.139 e. The van der Waals surface area contributed by atoms with Crippen LogP contribution in [0.2, 0.25) is 0 Å². The van der Waals surface area contributed by atoms with Crippen LogP contribution in [0, 0.1) is 11.7 Å². The number of hydrogen-bond acceptors (Lipinski definition) is 1. The van der Waals surface area contributed by atoms with Crippen molar-refractivity contribution in [3.05, 3.63) is 28.2 Å². The number of rotatable bonds is 3. The highest BCUT2D eigenvalue weighted by Crippen LogP contribution is 2.29. The molecule has 1 unspecified atom stereocenters. The maximum atomic E-state index is 13.5. The monoisotopic (exact) mass is 332 g/mol. The Morgan fingerprint density at radius 2 is 2.06 bits per heavy atom. The molecule has 0 radical (unpaired) electrons. The van der Waals surface area contributed by atoms with E-state index in [2.05, 4.69) is 46.3 Å². The third kappa shape index (κ3) is 2.28. The molecule has 2 aromatic rings. The number of aromatic nitrogens is 2. The molecular formula is C13H15BrClFN2. The summed E-state index contributed by atoms with van der Waals surface area (Å²) >= 11 is 9.16. The van der Waals surface area contributed by atoms with E-state index in [0.29, 0.717) is 21.8 Å². The molecule has 0 aliphatic rings. The molecule has 98 valence electrons. The van der Waals surface area contributed by atoms with Gasteiger partial charge in [-0.05, 0) is 34.8 Å². The molecule has 0 aliphatic carbocycles. The molecule has 1 heterocycles. The zero-order valence-electron chi connectivity index (χ0n) is 10.5. The van der Waals surface area contributed by atoms with Crippen LogP contribution in [-0.4, -0.2) is 9.55 Å². The van der Waals surface area contributed by atoms with Gasteiger partial charge in [0.1, 0.15) is 11.6 Å². The fraction of sp³-hybridized carbons (Fsp3) is 0.462. The smallest absolute Gasteiger partial charge is 0.139 e. The average molecular weight is 334 g/mol. The third-order valence-electron chi connectivity index (χ3n) is 3.30. The van der Waals surface area contributed by atoms with Crippen molar-refractivity contribution < 1.29 is 4.39 Å². The topological polar surface area (TPSA) is 17.8 Å². The summed E-state index contributed by atoms with van der Waals surface area (Å²) in [4.78, 5) is 4.41. The Labute approximate surface area is 119 Å². The van der Waals surface area contributed by atoms with Crippen LogP contribution < -0.4 is 0 Å². The predicted molar refractivity (Wildman–Crippen MR) is 76.5 cm³/mol. The van der Waals surface area contributed by atoms with Gasteiger partial charge in [0.05, 0.1) is 21.4 Å². The first-order chi connectivity index (χ1) is 8.45. The lowest BCUT2D eigenvalue weighted by atomic mass is 10.1. The minimum Gasteiger partial charge on any atom is -0.324 e. The standard InChI is InChI=1S/C13H15BrClFN2/c1-7(2)8(3)18-12-4-9(14)10(16)5-11(12)17-13(18)6-15/h4-5,7-8H,6H2,1-3H3. The molecule has 0 fully saturated rings. The van der Waals surface area contributed by atoms with Gasteiger partial charge in [0.2, 0.25) is 0 Å². The summed E-state index contributed by atoms with van der Waals surface area (Å²) in [5, 5.41) is 0. The van der Waals surface area contributed by atoms with Gasteiger partial charge in [-0.15, -0.1) is 11.6 Å². The summed E-state index contributed by atoms with van der Waals surface area (Å²) in [6.07, 6.45) is 0. The van der Waals surface area contributed by atoms with Gasteiger partial charge in [-0.3, -0.25) is 0 Å². The van der Waals surface area contributed by atoms with Crippen molar-refractivity contribution in [2.24, 2.45) is 5.92 Å². The maximum absolute atomic E-state index is 13.5. The predicted octanol–water partition coefficient (Wildman–Crippen LogP) is 4.89. The van der Waals surface area contributed by atoms with Crippen molar-refractivity contribution in [2.75, 3.05) is 0 Å². The SMILES string of the molecule is CC(C)C(C)n1c(CCl)nc2cc(F)c(Br)cc21. The number of imidazole rings is 1. The largest absolute Gasteiger partial charge is 0.324 e. The first kappa shape index (κ1) is 13.8. The Morgan fingerprint density at radius 3 is 2.61 bits per heavy atom. The summed E-state index contributed by atoms with van der Waals surface area (Å²) in [6.45, 7) is 6.42. The van der Waals surface area contributed by atoms with Gasteiger partial charge in [0.15, 0.2) is 0 Å². The molecule has 0 spiro atoms. The Morgan fingerprint density at radius 1 is 1.39 bits per heavy atom. The van der Waals surface area contributed by atoms with Crippen LogP contribution in [0.15, 0.2) is 16.6 Å². The van der Waals surface area contributed by atoms with Crippen LogP contribution in [-0.2, 0) is 5.88 Å². The third-order valence-corrected chi connectivity index (χ3v) is 4.14. The normalized spacial score (nSPS) is 13.5. The minimum atomic E-state index is -0.300. The fourth-order valence-electron chi connectivity index (χ4n) is 1.99. The van der Waals surface area contributed by atoms with E-state index in [-0.39, 0.29) is 11.9 Å². The lowest BCUT2D eigenvalue weighted by Gasteiger charge is -2.20. The molecule has 5 heteroatoms. The van der Waals surface area contributed by atoms with Gasteiger partial charge in [0.25, 0.3) is 0 Å². The van der Waals surface area contributed by atoms with Crippen molar-refractivity contribution in [2.45, 2.75) is 32.7 Å². The van der Waals surface area contributed by atoms with E-state index in [4.69, 9.17) is 11.6 Å². The molecule has 0 saturated heterocycles. The van der Waals surface area contributed by atoms with E-state index in [1.54, 1.807) is 6.07 Å². The zero-order chi connectivity index (χ0) is 13.4. The van der Waals surface area contributed by atoms with Crippen LogP contribution in [0.3, 0.4) is 0 Å². The highest BCUT2D eigenvalue weighted by Gasteiger charge is 2.19. The second-order valence-corrected chi connectivity index (χ2v) is 5.89. The van der Waals surface area contributed by atoms with E-state index >= 15 is 0 Å². The summed E-state index contributed by atoms with van der Waals surface area (Å²) < 4.78 is 16.1. The van der Waals surface area contributed by atoms with Crippen molar-refractivity contribution in [1.29, 1.82) is 0 Å². The van der Waals surface area contributed by atoms with Crippen LogP contribution in [0.5, 0.6) is 0 Å². The zero-order valence-corrected chi connectivity index (χ0v) is 12.9. The van der Waals surface area contributed by atoms with Gasteiger partial charge >= 0.3 is 0 Å². The Bertz CT molecular complexity index is 580. The number of fused-ring (bicyclic) bond motifs is 1. The average Bonchev–Trinajstić information content (AvgIpc) is 2.66.